The molecule has 0 aromatic carbocycles. The second-order valence-corrected chi connectivity index (χ2v) is 3.31. The maximum absolute atomic E-state index is 10.1. The zero-order chi connectivity index (χ0) is 7.49. The van der Waals surface area contributed by atoms with Gasteiger partial charge in [0.1, 0.15) is 0 Å². The van der Waals surface area contributed by atoms with Crippen molar-refractivity contribution in [2.24, 2.45) is 0 Å². The first-order valence-corrected chi connectivity index (χ1v) is 4.20. The predicted octanol–water partition coefficient (Wildman–Crippen LogP) is 0.826. The van der Waals surface area contributed by atoms with E-state index in [4.69, 9.17) is 14.9 Å². The number of hydrogen-bond donors (Lipinski definition) is 3. The highest BCUT2D eigenvalue weighted by Crippen LogP contribution is 2.47. The molecule has 0 atom stereocenters. The lowest BCUT2D eigenvalue weighted by molar-refractivity contribution is 0.274. The molecule has 0 amide bonds. The maximum Gasteiger partial charge on any atom is 0.360 e. The summed E-state index contributed by atoms with van der Waals surface area (Å²) >= 11 is 0. The number of rotatable bonds is 3. The Morgan fingerprint density at radius 3 is 2.11 bits per heavy atom. The van der Waals surface area contributed by atoms with Gasteiger partial charge in [0.05, 0.1) is 0 Å². The molecule has 0 fully saturated rings. The minimum Gasteiger partial charge on any atom is -0.375 e. The Bertz CT molecular complexity index is 118. The number of aliphatic hydroxyl groups excluding tert-OH is 1. The Morgan fingerprint density at radius 2 is 2.00 bits per heavy atom. The zero-order valence-electron chi connectivity index (χ0n) is 5.11. The first-order chi connectivity index (χ1) is 3.98. The summed E-state index contributed by atoms with van der Waals surface area (Å²) in [6.45, 7) is 1.73. The monoisotopic (exact) mass is 153 g/mol. The summed E-state index contributed by atoms with van der Waals surface area (Å²) in [6.07, 6.45) is 0.612. The molecule has 3 N–H and O–H groups in total. The van der Waals surface area contributed by atoms with Gasteiger partial charge in [-0.3, -0.25) is 4.57 Å². The van der Waals surface area contributed by atoms with Gasteiger partial charge in [0, 0.05) is 0 Å². The molecule has 0 saturated carbocycles. The fraction of sp³-hybridized carbons (Fsp3) is 0.750. The van der Waals surface area contributed by atoms with E-state index < -0.39 is 13.4 Å². The Hall–Kier alpha value is 0.110. The highest BCUT2D eigenvalue weighted by molar-refractivity contribution is 7.54. The van der Waals surface area contributed by atoms with Gasteiger partial charge in [0.2, 0.25) is 5.85 Å². The molecule has 0 spiro atoms. The average molecular weight is 153 g/mol. The van der Waals surface area contributed by atoms with E-state index in [9.17, 15) is 4.57 Å². The Balaban J connectivity index is 3.74. The van der Waals surface area contributed by atoms with Crippen LogP contribution in [0.15, 0.2) is 0 Å². The lowest BCUT2D eigenvalue weighted by Gasteiger charge is -2.07. The standard InChI is InChI=1S/C4H10O4P/c1-2-3-4(5)9(6,7)8/h5H,2-3H2,1H3,(H2,6,7,8). The van der Waals surface area contributed by atoms with Gasteiger partial charge in [-0.2, -0.15) is 0 Å². The van der Waals surface area contributed by atoms with Crippen LogP contribution in [0.5, 0.6) is 0 Å². The van der Waals surface area contributed by atoms with E-state index in [0.29, 0.717) is 6.42 Å². The molecule has 0 heterocycles. The Kier molecular flexibility index (Phi) is 3.36. The minimum atomic E-state index is -4.30. The zero-order valence-corrected chi connectivity index (χ0v) is 6.01. The Morgan fingerprint density at radius 1 is 1.56 bits per heavy atom. The maximum atomic E-state index is 10.1. The van der Waals surface area contributed by atoms with Gasteiger partial charge in [-0.25, -0.2) is 0 Å². The lowest BCUT2D eigenvalue weighted by Crippen LogP contribution is -1.95. The van der Waals surface area contributed by atoms with E-state index in [1.165, 1.54) is 0 Å². The van der Waals surface area contributed by atoms with E-state index in [1.54, 1.807) is 6.92 Å². The van der Waals surface area contributed by atoms with Crippen LogP contribution in [-0.2, 0) is 4.57 Å². The molecule has 5 heteroatoms. The van der Waals surface area contributed by atoms with Crippen molar-refractivity contribution in [1.29, 1.82) is 0 Å². The summed E-state index contributed by atoms with van der Waals surface area (Å²) in [4.78, 5) is 16.5. The van der Waals surface area contributed by atoms with Gasteiger partial charge in [-0.1, -0.05) is 13.3 Å². The molecule has 0 aromatic heterocycles. The normalized spacial score (nSPS) is 12.6. The van der Waals surface area contributed by atoms with Gasteiger partial charge in [-0.05, 0) is 6.42 Å². The van der Waals surface area contributed by atoms with E-state index in [2.05, 4.69) is 0 Å². The molecule has 9 heavy (non-hydrogen) atoms. The molecular weight excluding hydrogens is 143 g/mol. The van der Waals surface area contributed by atoms with Crippen LogP contribution in [0.25, 0.3) is 0 Å². The molecule has 1 radical (unpaired) electrons. The summed E-state index contributed by atoms with van der Waals surface area (Å²) in [5.41, 5.74) is 0. The predicted molar refractivity (Wildman–Crippen MR) is 32.1 cm³/mol. The van der Waals surface area contributed by atoms with Gasteiger partial charge >= 0.3 is 7.60 Å². The van der Waals surface area contributed by atoms with Crippen LogP contribution in [0, 0.1) is 5.85 Å². The van der Waals surface area contributed by atoms with Crippen molar-refractivity contribution < 1.29 is 19.5 Å². The highest BCUT2D eigenvalue weighted by atomic mass is 31.2. The fourth-order valence-corrected chi connectivity index (χ4v) is 0.884. The van der Waals surface area contributed by atoms with Gasteiger partial charge in [0.15, 0.2) is 0 Å². The van der Waals surface area contributed by atoms with Gasteiger partial charge in [-0.15, -0.1) is 0 Å². The first-order valence-electron chi connectivity index (χ1n) is 2.59. The molecule has 0 unspecified atom stereocenters. The average Bonchev–Trinajstić information content (AvgIpc) is 1.64. The van der Waals surface area contributed by atoms with Crippen molar-refractivity contribution in [3.63, 3.8) is 0 Å². The van der Waals surface area contributed by atoms with Crippen molar-refractivity contribution in [2.45, 2.75) is 19.8 Å². The first kappa shape index (κ1) is 9.11. The fourth-order valence-electron chi connectivity index (χ4n) is 0.369. The molecule has 0 rings (SSSR count). The Labute approximate surface area is 53.7 Å². The highest BCUT2D eigenvalue weighted by Gasteiger charge is 2.26. The number of hydrogen-bond acceptors (Lipinski definition) is 2. The second kappa shape index (κ2) is 3.32. The molecule has 55 valence electrons. The van der Waals surface area contributed by atoms with Gasteiger partial charge < -0.3 is 14.9 Å². The SMILES string of the molecule is CCC[C](O)P(=O)(O)O. The molecule has 0 aliphatic heterocycles. The van der Waals surface area contributed by atoms with E-state index in [-0.39, 0.29) is 6.42 Å². The van der Waals surface area contributed by atoms with Crippen LogP contribution >= 0.6 is 7.60 Å². The van der Waals surface area contributed by atoms with Crippen LogP contribution in [0.4, 0.5) is 0 Å². The van der Waals surface area contributed by atoms with E-state index in [0.717, 1.165) is 0 Å². The van der Waals surface area contributed by atoms with E-state index in [1.807, 2.05) is 0 Å². The quantitative estimate of drug-likeness (QED) is 0.524. The smallest absolute Gasteiger partial charge is 0.360 e. The van der Waals surface area contributed by atoms with Gasteiger partial charge in [0.25, 0.3) is 0 Å². The lowest BCUT2D eigenvalue weighted by atomic mass is 10.4. The summed E-state index contributed by atoms with van der Waals surface area (Å²) in [5, 5.41) is 8.54. The number of aliphatic hydroxyl groups is 1. The molecule has 0 aromatic rings. The van der Waals surface area contributed by atoms with Crippen LogP contribution in [-0.4, -0.2) is 14.9 Å². The largest absolute Gasteiger partial charge is 0.375 e. The summed E-state index contributed by atoms with van der Waals surface area (Å²) in [7, 11) is -4.30. The summed E-state index contributed by atoms with van der Waals surface area (Å²) in [6, 6.07) is 0. The minimum absolute atomic E-state index is 0.0737. The molecular formula is C4H10O4P. The van der Waals surface area contributed by atoms with Crippen molar-refractivity contribution in [3.8, 4) is 0 Å². The molecule has 4 nitrogen and oxygen atoms in total. The molecule has 0 aliphatic rings. The topological polar surface area (TPSA) is 77.8 Å². The third kappa shape index (κ3) is 3.65. The second-order valence-electron chi connectivity index (χ2n) is 1.71. The van der Waals surface area contributed by atoms with Crippen molar-refractivity contribution >= 4 is 7.60 Å². The molecule has 0 saturated heterocycles. The summed E-state index contributed by atoms with van der Waals surface area (Å²) in [5.74, 6) is -0.718. The summed E-state index contributed by atoms with van der Waals surface area (Å²) < 4.78 is 10.1. The third-order valence-electron chi connectivity index (χ3n) is 0.810. The van der Waals surface area contributed by atoms with Crippen molar-refractivity contribution in [3.05, 3.63) is 5.85 Å². The van der Waals surface area contributed by atoms with Crippen LogP contribution in [0.2, 0.25) is 0 Å². The van der Waals surface area contributed by atoms with Crippen LogP contribution < -0.4 is 0 Å². The molecule has 0 aliphatic carbocycles. The third-order valence-corrected chi connectivity index (χ3v) is 1.71. The van der Waals surface area contributed by atoms with Crippen LogP contribution in [0.1, 0.15) is 19.8 Å². The van der Waals surface area contributed by atoms with Crippen LogP contribution in [0.3, 0.4) is 0 Å². The van der Waals surface area contributed by atoms with Crippen molar-refractivity contribution in [2.75, 3.05) is 0 Å². The van der Waals surface area contributed by atoms with E-state index >= 15 is 0 Å². The van der Waals surface area contributed by atoms with Crippen molar-refractivity contribution in [1.82, 2.24) is 0 Å². The molecule has 0 bridgehead atoms.